The van der Waals surface area contributed by atoms with Crippen LogP contribution < -0.4 is 10.6 Å². The molecule has 10 heteroatoms. The Morgan fingerprint density at radius 2 is 1.70 bits per heavy atom. The lowest BCUT2D eigenvalue weighted by Crippen LogP contribution is -2.57. The number of carbonyl (C=O) groups excluding carboxylic acids is 3. The summed E-state index contributed by atoms with van der Waals surface area (Å²) in [6.45, 7) is 1.63. The fourth-order valence-corrected chi connectivity index (χ4v) is 5.82. The van der Waals surface area contributed by atoms with Crippen molar-refractivity contribution in [2.75, 3.05) is 34.0 Å². The van der Waals surface area contributed by atoms with E-state index in [0.29, 0.717) is 13.0 Å². The lowest BCUT2D eigenvalue weighted by molar-refractivity contribution is -0.137. The molecule has 0 bridgehead atoms. The number of likely N-dealkylation sites (N-methyl/N-ethyl adjacent to an activating group) is 2. The van der Waals surface area contributed by atoms with Gasteiger partial charge in [0.05, 0.1) is 18.1 Å². The largest absolute Gasteiger partial charge is 0.390 e. The third-order valence-electron chi connectivity index (χ3n) is 8.94. The number of nitrogens with zero attached hydrogens (tertiary/aromatic N) is 2. The molecule has 46 heavy (non-hydrogen) atoms. The maximum atomic E-state index is 13.8. The number of hydrogen-bond acceptors (Lipinski definition) is 6. The van der Waals surface area contributed by atoms with Gasteiger partial charge >= 0.3 is 0 Å². The molecular formula is C36H53FN4O5. The number of alkyl halides is 1. The molecule has 1 aliphatic rings. The molecule has 1 aromatic rings. The van der Waals surface area contributed by atoms with Gasteiger partial charge in [0.25, 0.3) is 0 Å². The topological polar surface area (TPSA) is 122 Å². The average molecular weight is 641 g/mol. The van der Waals surface area contributed by atoms with Crippen LogP contribution >= 0.6 is 0 Å². The second-order valence-electron chi connectivity index (χ2n) is 12.7. The first-order valence-corrected chi connectivity index (χ1v) is 16.4. The standard InChI is InChI=1S/C36H53FN4O5/c1-6-8-19-31(42)34(44)30(23-28-17-13-10-14-18-28)38-36(46)33(26(3)7-2)39-35(45)29(22-27-15-11-9-12-16-27)24-32(43)41(5)21-20-40(4)25-37/h1-2,9,11-12,15-16,26,28-31,33-34,42,44H,8,10,13-14,17-25H2,3-5H3,(H,38,46)(H,39,45). The van der Waals surface area contributed by atoms with Crippen LogP contribution in [0.2, 0.25) is 0 Å². The molecule has 2 rings (SSSR count). The first-order valence-electron chi connectivity index (χ1n) is 16.4. The van der Waals surface area contributed by atoms with Gasteiger partial charge in [-0.3, -0.25) is 19.3 Å². The quantitative estimate of drug-likeness (QED) is 0.136. The molecule has 3 amide bonds. The molecular weight excluding hydrogens is 587 g/mol. The predicted octanol–water partition coefficient (Wildman–Crippen LogP) is 2.90. The van der Waals surface area contributed by atoms with E-state index in [9.17, 15) is 29.0 Å². The number of halogens is 1. The molecule has 1 aliphatic carbocycles. The summed E-state index contributed by atoms with van der Waals surface area (Å²) < 4.78 is 12.9. The predicted molar refractivity (Wildman–Crippen MR) is 178 cm³/mol. The van der Waals surface area contributed by atoms with Crippen LogP contribution in [0.25, 0.3) is 0 Å². The molecule has 0 radical (unpaired) electrons. The van der Waals surface area contributed by atoms with E-state index in [1.807, 2.05) is 30.3 Å². The zero-order valence-corrected chi connectivity index (χ0v) is 27.7. The van der Waals surface area contributed by atoms with Gasteiger partial charge in [-0.2, -0.15) is 0 Å². The van der Waals surface area contributed by atoms with Gasteiger partial charge in [-0.1, -0.05) is 62.4 Å². The lowest BCUT2D eigenvalue weighted by atomic mass is 9.82. The van der Waals surface area contributed by atoms with Crippen LogP contribution in [0.5, 0.6) is 0 Å². The number of terminal acetylenes is 2. The van der Waals surface area contributed by atoms with Gasteiger partial charge in [0.15, 0.2) is 0 Å². The van der Waals surface area contributed by atoms with E-state index in [-0.39, 0.29) is 44.1 Å². The zero-order chi connectivity index (χ0) is 34.1. The van der Waals surface area contributed by atoms with Crippen molar-refractivity contribution in [2.45, 2.75) is 95.4 Å². The summed E-state index contributed by atoms with van der Waals surface area (Å²) in [7, 11) is 3.22. The minimum Gasteiger partial charge on any atom is -0.390 e. The Morgan fingerprint density at radius 3 is 2.30 bits per heavy atom. The van der Waals surface area contributed by atoms with Crippen molar-refractivity contribution < 1.29 is 29.0 Å². The Bertz CT molecular complexity index is 1160. The highest BCUT2D eigenvalue weighted by Crippen LogP contribution is 2.29. The SMILES string of the molecule is C#CCCC(O)C(O)C(CC1CCCCC1)NC(=O)C(NC(=O)C(CC(=O)N(C)CCN(C)CF)Cc1ccccc1)C(C)C#C. The number of nitrogens with one attached hydrogen (secondary N) is 2. The van der Waals surface area contributed by atoms with E-state index in [1.54, 1.807) is 21.0 Å². The monoisotopic (exact) mass is 640 g/mol. The average Bonchev–Trinajstić information content (AvgIpc) is 3.07. The number of rotatable bonds is 19. The van der Waals surface area contributed by atoms with E-state index in [4.69, 9.17) is 12.8 Å². The Kier molecular flexibility index (Phi) is 17.4. The molecule has 254 valence electrons. The summed E-state index contributed by atoms with van der Waals surface area (Å²) in [4.78, 5) is 43.7. The molecule has 0 heterocycles. The van der Waals surface area contributed by atoms with Crippen molar-refractivity contribution >= 4 is 17.7 Å². The number of aliphatic hydroxyl groups excluding tert-OH is 2. The van der Waals surface area contributed by atoms with Gasteiger partial charge in [0, 0.05) is 38.9 Å². The normalized spacial score (nSPS) is 17.4. The smallest absolute Gasteiger partial charge is 0.244 e. The highest BCUT2D eigenvalue weighted by atomic mass is 19.1. The zero-order valence-electron chi connectivity index (χ0n) is 27.7. The van der Waals surface area contributed by atoms with E-state index < -0.39 is 54.7 Å². The number of carbonyl (C=O) groups is 3. The summed E-state index contributed by atoms with van der Waals surface area (Å²) in [6, 6.07) is 7.35. The van der Waals surface area contributed by atoms with Gasteiger partial charge in [0.1, 0.15) is 18.9 Å². The second-order valence-corrected chi connectivity index (χ2v) is 12.7. The highest BCUT2D eigenvalue weighted by Gasteiger charge is 2.35. The van der Waals surface area contributed by atoms with E-state index in [0.717, 1.165) is 37.7 Å². The van der Waals surface area contributed by atoms with Gasteiger partial charge in [0.2, 0.25) is 17.7 Å². The molecule has 1 fully saturated rings. The van der Waals surface area contributed by atoms with Gasteiger partial charge in [-0.25, -0.2) is 4.39 Å². The molecule has 0 aromatic heterocycles. The third-order valence-corrected chi connectivity index (χ3v) is 8.94. The minimum atomic E-state index is -1.26. The maximum absolute atomic E-state index is 13.8. The van der Waals surface area contributed by atoms with Crippen molar-refractivity contribution in [1.29, 1.82) is 0 Å². The fourth-order valence-electron chi connectivity index (χ4n) is 5.82. The molecule has 0 aliphatic heterocycles. The first-order chi connectivity index (χ1) is 22.0. The van der Waals surface area contributed by atoms with E-state index in [1.165, 1.54) is 9.80 Å². The Hall–Kier alpha value is -3.44. The number of aliphatic hydroxyl groups is 2. The summed E-state index contributed by atoms with van der Waals surface area (Å²) in [5.74, 6) is 2.40. The Morgan fingerprint density at radius 1 is 1.02 bits per heavy atom. The van der Waals surface area contributed by atoms with Crippen LogP contribution in [0.1, 0.15) is 70.3 Å². The van der Waals surface area contributed by atoms with E-state index in [2.05, 4.69) is 22.5 Å². The first kappa shape index (κ1) is 38.7. The summed E-state index contributed by atoms with van der Waals surface area (Å²) in [5.41, 5.74) is 0.845. The fraction of sp³-hybridized carbons (Fsp3) is 0.639. The number of benzene rings is 1. The number of amides is 3. The minimum absolute atomic E-state index is 0.125. The van der Waals surface area contributed by atoms with Gasteiger partial charge in [-0.15, -0.1) is 24.7 Å². The molecule has 6 unspecified atom stereocenters. The number of hydrogen-bond donors (Lipinski definition) is 4. The molecule has 1 aromatic carbocycles. The summed E-state index contributed by atoms with van der Waals surface area (Å²) in [5, 5.41) is 27.5. The lowest BCUT2D eigenvalue weighted by Gasteiger charge is -2.34. The second kappa shape index (κ2) is 20.6. The van der Waals surface area contributed by atoms with Crippen molar-refractivity contribution in [3.05, 3.63) is 35.9 Å². The summed E-state index contributed by atoms with van der Waals surface area (Å²) >= 11 is 0. The molecule has 6 atom stereocenters. The molecule has 1 saturated carbocycles. The third kappa shape index (κ3) is 13.1. The van der Waals surface area contributed by atoms with Crippen molar-refractivity contribution in [3.8, 4) is 24.7 Å². The van der Waals surface area contributed by atoms with Crippen LogP contribution in [-0.2, 0) is 20.8 Å². The van der Waals surface area contributed by atoms with Crippen molar-refractivity contribution in [3.63, 3.8) is 0 Å². The molecule has 0 saturated heterocycles. The van der Waals surface area contributed by atoms with Gasteiger partial charge < -0.3 is 25.7 Å². The van der Waals surface area contributed by atoms with Crippen LogP contribution in [0.4, 0.5) is 4.39 Å². The Balaban J connectivity index is 2.26. The van der Waals surface area contributed by atoms with E-state index >= 15 is 0 Å². The van der Waals surface area contributed by atoms with Crippen molar-refractivity contribution in [1.82, 2.24) is 20.4 Å². The molecule has 4 N–H and O–H groups in total. The van der Waals surface area contributed by atoms with Crippen LogP contribution in [-0.4, -0.2) is 96.0 Å². The Labute approximate surface area is 274 Å². The van der Waals surface area contributed by atoms with Gasteiger partial charge in [-0.05, 0) is 44.7 Å². The van der Waals surface area contributed by atoms with Crippen LogP contribution in [0, 0.1) is 42.4 Å². The van der Waals surface area contributed by atoms with Crippen LogP contribution in [0.15, 0.2) is 30.3 Å². The molecule has 0 spiro atoms. The van der Waals surface area contributed by atoms with Crippen LogP contribution in [0.3, 0.4) is 0 Å². The highest BCUT2D eigenvalue weighted by molar-refractivity contribution is 5.91. The molecule has 9 nitrogen and oxygen atoms in total. The van der Waals surface area contributed by atoms with Crippen molar-refractivity contribution in [2.24, 2.45) is 17.8 Å². The maximum Gasteiger partial charge on any atom is 0.244 e. The summed E-state index contributed by atoms with van der Waals surface area (Å²) in [6.07, 6.45) is 15.0.